The molecule has 0 unspecified atom stereocenters. The minimum Gasteiger partial charge on any atom is -0.463 e. The second kappa shape index (κ2) is 5.59. The average molecular weight is 328 g/mol. The third-order valence-electron chi connectivity index (χ3n) is 3.70. The van der Waals surface area contributed by atoms with Gasteiger partial charge in [-0.15, -0.1) is 0 Å². The molecule has 116 valence electrons. The van der Waals surface area contributed by atoms with Gasteiger partial charge in [0.2, 0.25) is 0 Å². The van der Waals surface area contributed by atoms with Gasteiger partial charge >= 0.3 is 0 Å². The maximum Gasteiger partial charge on any atom is 0.272 e. The molecule has 0 bridgehead atoms. The van der Waals surface area contributed by atoms with Gasteiger partial charge in [0.05, 0.1) is 12.0 Å². The molecule has 3 aromatic rings. The average Bonchev–Trinajstić information content (AvgIpc) is 3.05. The van der Waals surface area contributed by atoms with Gasteiger partial charge in [-0.05, 0) is 49.2 Å². The Morgan fingerprint density at radius 3 is 2.70 bits per heavy atom. The standard InChI is InChI=1S/C17H14ClN3O2/c18-11-3-7-13(8-4-11)21-15(16-2-1-9-23-16)10-14(20-21)17(22)19-12-5-6-12/h1-4,7-10,12H,5-6H2,(H,19,22). The maximum atomic E-state index is 12.3. The lowest BCUT2D eigenvalue weighted by Gasteiger charge is -2.05. The summed E-state index contributed by atoms with van der Waals surface area (Å²) in [6.45, 7) is 0. The second-order valence-electron chi connectivity index (χ2n) is 5.53. The molecule has 1 amide bonds. The fourth-order valence-electron chi connectivity index (χ4n) is 2.36. The van der Waals surface area contributed by atoms with Crippen LogP contribution in [0.25, 0.3) is 17.1 Å². The van der Waals surface area contributed by atoms with Crippen molar-refractivity contribution in [3.63, 3.8) is 0 Å². The van der Waals surface area contributed by atoms with Crippen molar-refractivity contribution >= 4 is 17.5 Å². The molecule has 2 heterocycles. The van der Waals surface area contributed by atoms with E-state index in [0.29, 0.717) is 16.5 Å². The van der Waals surface area contributed by atoms with Crippen molar-refractivity contribution in [2.45, 2.75) is 18.9 Å². The van der Waals surface area contributed by atoms with Crippen molar-refractivity contribution < 1.29 is 9.21 Å². The number of benzene rings is 1. The van der Waals surface area contributed by atoms with E-state index >= 15 is 0 Å². The number of nitrogens with one attached hydrogen (secondary N) is 1. The van der Waals surface area contributed by atoms with Crippen molar-refractivity contribution in [2.24, 2.45) is 0 Å². The van der Waals surface area contributed by atoms with Crippen molar-refractivity contribution in [2.75, 3.05) is 0 Å². The highest BCUT2D eigenvalue weighted by atomic mass is 35.5. The lowest BCUT2D eigenvalue weighted by Crippen LogP contribution is -2.25. The number of amides is 1. The third kappa shape index (κ3) is 2.87. The van der Waals surface area contributed by atoms with Gasteiger partial charge in [-0.2, -0.15) is 5.10 Å². The molecule has 1 fully saturated rings. The van der Waals surface area contributed by atoms with Crippen LogP contribution < -0.4 is 5.32 Å². The third-order valence-corrected chi connectivity index (χ3v) is 3.95. The highest BCUT2D eigenvalue weighted by Crippen LogP contribution is 2.26. The van der Waals surface area contributed by atoms with Crippen LogP contribution in [0.5, 0.6) is 0 Å². The largest absolute Gasteiger partial charge is 0.463 e. The van der Waals surface area contributed by atoms with E-state index in [1.54, 1.807) is 35.2 Å². The van der Waals surface area contributed by atoms with Gasteiger partial charge in [0.25, 0.3) is 5.91 Å². The van der Waals surface area contributed by atoms with E-state index in [1.807, 2.05) is 18.2 Å². The van der Waals surface area contributed by atoms with Crippen molar-refractivity contribution in [3.8, 4) is 17.1 Å². The van der Waals surface area contributed by atoms with Crippen molar-refractivity contribution in [1.29, 1.82) is 0 Å². The van der Waals surface area contributed by atoms with Gasteiger partial charge < -0.3 is 9.73 Å². The molecule has 0 radical (unpaired) electrons. The molecule has 2 aromatic heterocycles. The number of rotatable bonds is 4. The second-order valence-corrected chi connectivity index (χ2v) is 5.96. The number of furan rings is 1. The van der Waals surface area contributed by atoms with Crippen LogP contribution in [0.1, 0.15) is 23.3 Å². The Balaban J connectivity index is 1.77. The molecular formula is C17H14ClN3O2. The summed E-state index contributed by atoms with van der Waals surface area (Å²) >= 11 is 5.95. The summed E-state index contributed by atoms with van der Waals surface area (Å²) in [6.07, 6.45) is 3.67. The van der Waals surface area contributed by atoms with E-state index in [0.717, 1.165) is 24.2 Å². The summed E-state index contributed by atoms with van der Waals surface area (Å²) in [5, 5.41) is 8.04. The van der Waals surface area contributed by atoms with Gasteiger partial charge in [-0.3, -0.25) is 4.79 Å². The Morgan fingerprint density at radius 2 is 2.04 bits per heavy atom. The zero-order chi connectivity index (χ0) is 15.8. The molecule has 23 heavy (non-hydrogen) atoms. The summed E-state index contributed by atoms with van der Waals surface area (Å²) in [4.78, 5) is 12.3. The number of hydrogen-bond acceptors (Lipinski definition) is 3. The van der Waals surface area contributed by atoms with Crippen molar-refractivity contribution in [3.05, 3.63) is 59.4 Å². The van der Waals surface area contributed by atoms with E-state index in [2.05, 4.69) is 10.4 Å². The Kier molecular flexibility index (Phi) is 3.42. The Bertz CT molecular complexity index is 833. The van der Waals surface area contributed by atoms with Crippen LogP contribution >= 0.6 is 11.6 Å². The van der Waals surface area contributed by atoms with Crippen LogP contribution in [0, 0.1) is 0 Å². The molecule has 1 aromatic carbocycles. The lowest BCUT2D eigenvalue weighted by atomic mass is 10.2. The number of halogens is 1. The maximum absolute atomic E-state index is 12.3. The van der Waals surface area contributed by atoms with E-state index in [9.17, 15) is 4.79 Å². The molecule has 1 saturated carbocycles. The van der Waals surface area contributed by atoms with E-state index in [4.69, 9.17) is 16.0 Å². The fourth-order valence-corrected chi connectivity index (χ4v) is 2.48. The predicted octanol–water partition coefficient (Wildman–Crippen LogP) is 3.68. The fraction of sp³-hybridized carbons (Fsp3) is 0.176. The summed E-state index contributed by atoms with van der Waals surface area (Å²) in [6, 6.07) is 12.9. The number of aromatic nitrogens is 2. The van der Waals surface area contributed by atoms with Crippen LogP contribution in [0.2, 0.25) is 5.02 Å². The monoisotopic (exact) mass is 327 g/mol. The van der Waals surface area contributed by atoms with Gasteiger partial charge in [-0.1, -0.05) is 11.6 Å². The van der Waals surface area contributed by atoms with E-state index in [1.165, 1.54) is 0 Å². The van der Waals surface area contributed by atoms with Crippen molar-refractivity contribution in [1.82, 2.24) is 15.1 Å². The number of nitrogens with zero attached hydrogens (tertiary/aromatic N) is 2. The van der Waals surface area contributed by atoms with Gasteiger partial charge in [0.1, 0.15) is 5.69 Å². The number of hydrogen-bond donors (Lipinski definition) is 1. The predicted molar refractivity (Wildman–Crippen MR) is 86.8 cm³/mol. The van der Waals surface area contributed by atoms with Gasteiger partial charge in [0.15, 0.2) is 11.5 Å². The smallest absolute Gasteiger partial charge is 0.272 e. The molecule has 6 heteroatoms. The number of carbonyl (C=O) groups is 1. The summed E-state index contributed by atoms with van der Waals surface area (Å²) in [5.74, 6) is 0.492. The Labute approximate surface area is 137 Å². The van der Waals surface area contributed by atoms with Crippen LogP contribution in [-0.4, -0.2) is 21.7 Å². The molecule has 5 nitrogen and oxygen atoms in total. The van der Waals surface area contributed by atoms with Crippen LogP contribution in [0.3, 0.4) is 0 Å². The zero-order valence-corrected chi connectivity index (χ0v) is 13.0. The van der Waals surface area contributed by atoms with Crippen LogP contribution in [0.4, 0.5) is 0 Å². The molecule has 0 atom stereocenters. The van der Waals surface area contributed by atoms with Crippen LogP contribution in [-0.2, 0) is 0 Å². The molecule has 1 N–H and O–H groups in total. The number of carbonyl (C=O) groups excluding carboxylic acids is 1. The van der Waals surface area contributed by atoms with Gasteiger partial charge in [0, 0.05) is 17.1 Å². The Morgan fingerprint density at radius 1 is 1.26 bits per heavy atom. The summed E-state index contributed by atoms with van der Waals surface area (Å²) in [7, 11) is 0. The summed E-state index contributed by atoms with van der Waals surface area (Å²) < 4.78 is 7.16. The normalized spacial score (nSPS) is 14.0. The first-order valence-corrected chi connectivity index (χ1v) is 7.79. The molecular weight excluding hydrogens is 314 g/mol. The first kappa shape index (κ1) is 14.1. The van der Waals surface area contributed by atoms with E-state index < -0.39 is 0 Å². The summed E-state index contributed by atoms with van der Waals surface area (Å²) in [5.41, 5.74) is 1.91. The molecule has 4 rings (SSSR count). The minimum atomic E-state index is -0.159. The molecule has 0 aliphatic heterocycles. The highest BCUT2D eigenvalue weighted by molar-refractivity contribution is 6.30. The molecule has 0 saturated heterocycles. The highest BCUT2D eigenvalue weighted by Gasteiger charge is 2.26. The first-order chi connectivity index (χ1) is 11.2. The van der Waals surface area contributed by atoms with Crippen LogP contribution in [0.15, 0.2) is 53.1 Å². The molecule has 1 aliphatic rings. The zero-order valence-electron chi connectivity index (χ0n) is 12.2. The molecule has 0 spiro atoms. The van der Waals surface area contributed by atoms with Gasteiger partial charge in [-0.25, -0.2) is 4.68 Å². The Hall–Kier alpha value is -2.53. The quantitative estimate of drug-likeness (QED) is 0.795. The minimum absolute atomic E-state index is 0.159. The SMILES string of the molecule is O=C(NC1CC1)c1cc(-c2ccco2)n(-c2ccc(Cl)cc2)n1. The first-order valence-electron chi connectivity index (χ1n) is 7.41. The molecule has 1 aliphatic carbocycles. The van der Waals surface area contributed by atoms with E-state index in [-0.39, 0.29) is 11.9 Å². The topological polar surface area (TPSA) is 60.1 Å². The lowest BCUT2D eigenvalue weighted by molar-refractivity contribution is 0.0945.